The highest BCUT2D eigenvalue weighted by atomic mass is 16.6. The fraction of sp³-hybridized carbons (Fsp3) is 0.500. The van der Waals surface area contributed by atoms with Gasteiger partial charge >= 0.3 is 5.97 Å². The zero-order valence-electron chi connectivity index (χ0n) is 18.7. The summed E-state index contributed by atoms with van der Waals surface area (Å²) in [7, 11) is 1.59. The average Bonchev–Trinajstić information content (AvgIpc) is 2.76. The Morgan fingerprint density at radius 2 is 1.40 bits per heavy atom. The first kappa shape index (κ1) is 23.9. The maximum Gasteiger partial charge on any atom is 0.338 e. The first-order valence-corrected chi connectivity index (χ1v) is 11.2. The highest BCUT2D eigenvalue weighted by molar-refractivity contribution is 5.90. The van der Waals surface area contributed by atoms with Crippen LogP contribution in [0.2, 0.25) is 0 Å². The van der Waals surface area contributed by atoms with Crippen molar-refractivity contribution in [2.75, 3.05) is 20.3 Å². The Morgan fingerprint density at radius 3 is 2.00 bits per heavy atom. The van der Waals surface area contributed by atoms with Gasteiger partial charge in [-0.1, -0.05) is 69.7 Å². The lowest BCUT2D eigenvalue weighted by molar-refractivity contribution is 0.0120. The van der Waals surface area contributed by atoms with Crippen molar-refractivity contribution in [2.24, 2.45) is 0 Å². The second-order valence-electron chi connectivity index (χ2n) is 7.74. The molecule has 2 aromatic carbocycles. The second kappa shape index (κ2) is 13.8. The zero-order valence-corrected chi connectivity index (χ0v) is 18.7. The van der Waals surface area contributed by atoms with Crippen LogP contribution in [0.3, 0.4) is 0 Å². The molecular formula is C26H36O4. The molecule has 0 amide bonds. The number of rotatable bonds is 14. The van der Waals surface area contributed by atoms with E-state index in [4.69, 9.17) is 14.2 Å². The molecule has 1 atom stereocenters. The van der Waals surface area contributed by atoms with Crippen molar-refractivity contribution < 1.29 is 19.0 Å². The quantitative estimate of drug-likeness (QED) is 0.257. The molecule has 0 aliphatic rings. The lowest BCUT2D eigenvalue weighted by Gasteiger charge is -2.12. The highest BCUT2D eigenvalue weighted by Gasteiger charge is 2.12. The molecule has 0 spiro atoms. The monoisotopic (exact) mass is 412 g/mol. The summed E-state index contributed by atoms with van der Waals surface area (Å²) < 4.78 is 16.2. The SMILES string of the molecule is CCCCCCCCCOc1ccc(-c2ccc(C(=O)OC(C)COC)cc2)cc1. The number of carbonyl (C=O) groups is 1. The fourth-order valence-corrected chi connectivity index (χ4v) is 3.31. The molecule has 0 saturated carbocycles. The van der Waals surface area contributed by atoms with Gasteiger partial charge in [-0.25, -0.2) is 4.79 Å². The summed E-state index contributed by atoms with van der Waals surface area (Å²) in [4.78, 5) is 12.1. The maximum atomic E-state index is 12.1. The topological polar surface area (TPSA) is 44.8 Å². The van der Waals surface area contributed by atoms with Crippen LogP contribution in [0.15, 0.2) is 48.5 Å². The number of ether oxygens (including phenoxy) is 3. The van der Waals surface area contributed by atoms with Gasteiger partial charge in [0.05, 0.1) is 18.8 Å². The van der Waals surface area contributed by atoms with Gasteiger partial charge in [-0.15, -0.1) is 0 Å². The van der Waals surface area contributed by atoms with Crippen molar-refractivity contribution >= 4 is 5.97 Å². The number of methoxy groups -OCH3 is 1. The number of hydrogen-bond acceptors (Lipinski definition) is 4. The fourth-order valence-electron chi connectivity index (χ4n) is 3.31. The maximum absolute atomic E-state index is 12.1. The normalized spacial score (nSPS) is 11.8. The smallest absolute Gasteiger partial charge is 0.338 e. The van der Waals surface area contributed by atoms with Crippen LogP contribution in [0.4, 0.5) is 0 Å². The van der Waals surface area contributed by atoms with Gasteiger partial charge in [-0.05, 0) is 48.7 Å². The molecule has 0 aliphatic heterocycles. The minimum atomic E-state index is -0.333. The average molecular weight is 413 g/mol. The summed E-state index contributed by atoms with van der Waals surface area (Å²) in [5, 5.41) is 0. The minimum absolute atomic E-state index is 0.268. The molecule has 0 N–H and O–H groups in total. The van der Waals surface area contributed by atoms with E-state index >= 15 is 0 Å². The van der Waals surface area contributed by atoms with E-state index in [1.165, 1.54) is 38.5 Å². The van der Waals surface area contributed by atoms with E-state index in [1.54, 1.807) is 19.2 Å². The van der Waals surface area contributed by atoms with Crippen LogP contribution in [0.5, 0.6) is 5.75 Å². The molecule has 0 fully saturated rings. The third-order valence-electron chi connectivity index (χ3n) is 5.03. The van der Waals surface area contributed by atoms with Gasteiger partial charge in [0.25, 0.3) is 0 Å². The Kier molecular flexibility index (Phi) is 11.0. The molecule has 4 heteroatoms. The van der Waals surface area contributed by atoms with E-state index in [-0.39, 0.29) is 12.1 Å². The van der Waals surface area contributed by atoms with Crippen LogP contribution in [0.1, 0.15) is 69.2 Å². The van der Waals surface area contributed by atoms with Gasteiger partial charge in [0.2, 0.25) is 0 Å². The first-order valence-electron chi connectivity index (χ1n) is 11.2. The van der Waals surface area contributed by atoms with Crippen molar-refractivity contribution in [3.05, 3.63) is 54.1 Å². The van der Waals surface area contributed by atoms with Crippen molar-refractivity contribution in [3.63, 3.8) is 0 Å². The van der Waals surface area contributed by atoms with Crippen LogP contribution >= 0.6 is 0 Å². The van der Waals surface area contributed by atoms with Crippen LogP contribution in [0, 0.1) is 0 Å². The number of esters is 1. The van der Waals surface area contributed by atoms with E-state index in [0.717, 1.165) is 29.9 Å². The standard InChI is InChI=1S/C26H36O4/c1-4-5-6-7-8-9-10-19-29-25-17-15-23(16-18-25)22-11-13-24(14-12-22)26(27)30-21(2)20-28-3/h11-18,21H,4-10,19-20H2,1-3H3. The number of benzene rings is 2. The number of carbonyl (C=O) groups excluding carboxylic acids is 1. The summed E-state index contributed by atoms with van der Waals surface area (Å²) in [6.07, 6.45) is 8.72. The molecule has 4 nitrogen and oxygen atoms in total. The van der Waals surface area contributed by atoms with E-state index in [2.05, 4.69) is 6.92 Å². The summed E-state index contributed by atoms with van der Waals surface area (Å²) in [5.41, 5.74) is 2.68. The molecule has 164 valence electrons. The Bertz CT molecular complexity index is 722. The molecule has 2 aromatic rings. The largest absolute Gasteiger partial charge is 0.494 e. The van der Waals surface area contributed by atoms with Gasteiger partial charge in [0, 0.05) is 7.11 Å². The Labute approximate surface area is 181 Å². The highest BCUT2D eigenvalue weighted by Crippen LogP contribution is 2.23. The Hall–Kier alpha value is -2.33. The lowest BCUT2D eigenvalue weighted by Crippen LogP contribution is -2.19. The van der Waals surface area contributed by atoms with Gasteiger partial charge < -0.3 is 14.2 Å². The number of hydrogen-bond donors (Lipinski definition) is 0. The summed E-state index contributed by atoms with van der Waals surface area (Å²) in [5.74, 6) is 0.567. The first-order chi connectivity index (χ1) is 14.6. The van der Waals surface area contributed by atoms with Crippen molar-refractivity contribution in [2.45, 2.75) is 64.9 Å². The van der Waals surface area contributed by atoms with E-state index in [1.807, 2.05) is 43.3 Å². The summed E-state index contributed by atoms with van der Waals surface area (Å²) >= 11 is 0. The predicted molar refractivity (Wildman–Crippen MR) is 122 cm³/mol. The van der Waals surface area contributed by atoms with Crippen LogP contribution in [-0.4, -0.2) is 32.4 Å². The molecule has 1 unspecified atom stereocenters. The predicted octanol–water partition coefficient (Wildman–Crippen LogP) is 6.67. The minimum Gasteiger partial charge on any atom is -0.494 e. The lowest BCUT2D eigenvalue weighted by atomic mass is 10.0. The summed E-state index contributed by atoms with van der Waals surface area (Å²) in [6.45, 7) is 5.21. The Morgan fingerprint density at radius 1 is 0.833 bits per heavy atom. The van der Waals surface area contributed by atoms with Crippen molar-refractivity contribution in [3.8, 4) is 16.9 Å². The van der Waals surface area contributed by atoms with E-state index in [9.17, 15) is 4.79 Å². The molecule has 30 heavy (non-hydrogen) atoms. The molecule has 0 saturated heterocycles. The number of unbranched alkanes of at least 4 members (excludes halogenated alkanes) is 6. The van der Waals surface area contributed by atoms with Crippen molar-refractivity contribution in [1.82, 2.24) is 0 Å². The van der Waals surface area contributed by atoms with E-state index < -0.39 is 0 Å². The third kappa shape index (κ3) is 8.58. The molecule has 0 aliphatic carbocycles. The van der Waals surface area contributed by atoms with Crippen LogP contribution in [-0.2, 0) is 9.47 Å². The molecular weight excluding hydrogens is 376 g/mol. The van der Waals surface area contributed by atoms with Crippen LogP contribution < -0.4 is 4.74 Å². The molecule has 0 bridgehead atoms. The molecule has 2 rings (SSSR count). The molecule has 0 aromatic heterocycles. The van der Waals surface area contributed by atoms with Gasteiger partial charge in [0.1, 0.15) is 11.9 Å². The van der Waals surface area contributed by atoms with Crippen LogP contribution in [0.25, 0.3) is 11.1 Å². The van der Waals surface area contributed by atoms with Crippen molar-refractivity contribution in [1.29, 1.82) is 0 Å². The zero-order chi connectivity index (χ0) is 21.6. The Balaban J connectivity index is 1.77. The summed E-state index contributed by atoms with van der Waals surface area (Å²) in [6, 6.07) is 15.6. The van der Waals surface area contributed by atoms with Gasteiger partial charge in [-0.3, -0.25) is 0 Å². The third-order valence-corrected chi connectivity index (χ3v) is 5.03. The molecule has 0 radical (unpaired) electrons. The molecule has 0 heterocycles. The van der Waals surface area contributed by atoms with E-state index in [0.29, 0.717) is 12.2 Å². The second-order valence-corrected chi connectivity index (χ2v) is 7.74. The van der Waals surface area contributed by atoms with Gasteiger partial charge in [0.15, 0.2) is 0 Å². The van der Waals surface area contributed by atoms with Gasteiger partial charge in [-0.2, -0.15) is 0 Å².